The number of aliphatic hydroxyl groups excluding tert-OH is 1. The zero-order valence-corrected chi connectivity index (χ0v) is 12.3. The van der Waals surface area contributed by atoms with Crippen LogP contribution in [0.4, 0.5) is 0 Å². The molecule has 23 heavy (non-hydrogen) atoms. The van der Waals surface area contributed by atoms with Crippen LogP contribution in [0.3, 0.4) is 0 Å². The molecule has 1 aliphatic carbocycles. The molecule has 0 bridgehead atoms. The Bertz CT molecular complexity index is 782. The van der Waals surface area contributed by atoms with Crippen molar-refractivity contribution >= 4 is 28.9 Å². The van der Waals surface area contributed by atoms with Crippen molar-refractivity contribution in [1.82, 2.24) is 15.5 Å². The molecule has 2 aromatic rings. The van der Waals surface area contributed by atoms with Gasteiger partial charge in [0.2, 0.25) is 5.91 Å². The summed E-state index contributed by atoms with van der Waals surface area (Å²) in [6, 6.07) is 5.83. The summed E-state index contributed by atoms with van der Waals surface area (Å²) >= 11 is 0. The third-order valence-corrected chi connectivity index (χ3v) is 4.25. The molecule has 0 radical (unpaired) electrons. The second kappa shape index (κ2) is 5.85. The van der Waals surface area contributed by atoms with Crippen molar-refractivity contribution in [3.8, 4) is 0 Å². The number of carbonyl (C=O) groups is 2. The number of amides is 1. The largest absolute Gasteiger partial charge is 0.480 e. The topological polar surface area (TPSA) is 115 Å². The van der Waals surface area contributed by atoms with Gasteiger partial charge < -0.3 is 15.5 Å². The van der Waals surface area contributed by atoms with E-state index >= 15 is 0 Å². The van der Waals surface area contributed by atoms with Crippen LogP contribution in [-0.2, 0) is 9.59 Å². The number of nitrogens with zero attached hydrogens (tertiary/aromatic N) is 1. The van der Waals surface area contributed by atoms with Crippen LogP contribution in [0.1, 0.15) is 12.0 Å². The van der Waals surface area contributed by atoms with Crippen LogP contribution in [0, 0.1) is 11.3 Å². The number of hydrogen-bond acceptors (Lipinski definition) is 4. The maximum absolute atomic E-state index is 12.0. The monoisotopic (exact) mass is 315 g/mol. The lowest BCUT2D eigenvalue weighted by Crippen LogP contribution is -2.38. The average Bonchev–Trinajstić information content (AvgIpc) is 3.08. The molecule has 1 amide bonds. The Balaban J connectivity index is 1.68. The van der Waals surface area contributed by atoms with Gasteiger partial charge >= 0.3 is 5.97 Å². The fraction of sp³-hybridized carbons (Fsp3) is 0.312. The van der Waals surface area contributed by atoms with Gasteiger partial charge in [0.15, 0.2) is 0 Å². The molecule has 0 saturated heterocycles. The van der Waals surface area contributed by atoms with Crippen molar-refractivity contribution < 1.29 is 19.8 Å². The summed E-state index contributed by atoms with van der Waals surface area (Å²) in [6.07, 6.45) is 6.04. The lowest BCUT2D eigenvalue weighted by molar-refractivity contribution is -0.139. The van der Waals surface area contributed by atoms with Gasteiger partial charge in [-0.15, -0.1) is 0 Å². The summed E-state index contributed by atoms with van der Waals surface area (Å²) in [5.74, 6) is -1.61. The van der Waals surface area contributed by atoms with Crippen LogP contribution in [0.5, 0.6) is 0 Å². The van der Waals surface area contributed by atoms with Crippen LogP contribution in [0.25, 0.3) is 17.0 Å². The van der Waals surface area contributed by atoms with Gasteiger partial charge in [-0.05, 0) is 30.0 Å². The number of carboxylic acids is 1. The number of rotatable bonds is 6. The van der Waals surface area contributed by atoms with Crippen LogP contribution in [-0.4, -0.2) is 45.4 Å². The molecule has 7 nitrogen and oxygen atoms in total. The molecule has 0 aliphatic heterocycles. The number of fused-ring (bicyclic) bond motifs is 1. The van der Waals surface area contributed by atoms with Crippen LogP contribution < -0.4 is 5.32 Å². The number of H-pyrrole nitrogens is 1. The van der Waals surface area contributed by atoms with Crippen molar-refractivity contribution in [2.24, 2.45) is 11.3 Å². The minimum absolute atomic E-state index is 0.0960. The molecule has 1 saturated carbocycles. The molecule has 1 aliphatic rings. The molecule has 3 rings (SSSR count). The average molecular weight is 315 g/mol. The van der Waals surface area contributed by atoms with Crippen LogP contribution in [0.2, 0.25) is 0 Å². The number of aromatic amines is 1. The van der Waals surface area contributed by atoms with Crippen molar-refractivity contribution in [3.05, 3.63) is 36.0 Å². The highest BCUT2D eigenvalue weighted by Crippen LogP contribution is 2.53. The van der Waals surface area contributed by atoms with Crippen LogP contribution in [0.15, 0.2) is 30.5 Å². The first-order chi connectivity index (χ1) is 11.0. The molecular weight excluding hydrogens is 298 g/mol. The molecule has 120 valence electrons. The highest BCUT2D eigenvalue weighted by Gasteiger charge is 2.58. The Morgan fingerprint density at radius 1 is 1.48 bits per heavy atom. The van der Waals surface area contributed by atoms with Crippen LogP contribution >= 0.6 is 0 Å². The molecule has 0 spiro atoms. The predicted molar refractivity (Wildman–Crippen MR) is 83.4 cm³/mol. The summed E-state index contributed by atoms with van der Waals surface area (Å²) in [7, 11) is 0. The molecular formula is C16H17N3O4. The number of benzene rings is 1. The normalized spacial score (nSPS) is 23.3. The summed E-state index contributed by atoms with van der Waals surface area (Å²) < 4.78 is 0. The van der Waals surface area contributed by atoms with Gasteiger partial charge in [0.1, 0.15) is 6.54 Å². The van der Waals surface area contributed by atoms with E-state index in [-0.39, 0.29) is 12.5 Å². The van der Waals surface area contributed by atoms with Gasteiger partial charge in [-0.1, -0.05) is 18.2 Å². The lowest BCUT2D eigenvalue weighted by atomic mass is 10.0. The minimum atomic E-state index is -1.10. The molecule has 7 heteroatoms. The van der Waals surface area contributed by atoms with Gasteiger partial charge in [-0.2, -0.15) is 5.10 Å². The van der Waals surface area contributed by atoms with Crippen molar-refractivity contribution in [3.63, 3.8) is 0 Å². The Labute approximate surface area is 132 Å². The van der Waals surface area contributed by atoms with E-state index < -0.39 is 23.8 Å². The highest BCUT2D eigenvalue weighted by atomic mass is 16.4. The minimum Gasteiger partial charge on any atom is -0.480 e. The molecule has 2 unspecified atom stereocenters. The van der Waals surface area contributed by atoms with E-state index in [1.54, 1.807) is 6.20 Å². The van der Waals surface area contributed by atoms with E-state index in [2.05, 4.69) is 15.5 Å². The maximum atomic E-state index is 12.0. The number of aliphatic carboxylic acids is 1. The zero-order valence-electron chi connectivity index (χ0n) is 12.3. The quantitative estimate of drug-likeness (QED) is 0.628. The lowest BCUT2D eigenvalue weighted by Gasteiger charge is -2.12. The first-order valence-electron chi connectivity index (χ1n) is 7.27. The van der Waals surface area contributed by atoms with Gasteiger partial charge in [-0.25, -0.2) is 0 Å². The van der Waals surface area contributed by atoms with E-state index in [0.717, 1.165) is 16.5 Å². The number of carboxylic acid groups (broad SMARTS) is 1. The van der Waals surface area contributed by atoms with E-state index in [9.17, 15) is 14.7 Å². The zero-order chi connectivity index (χ0) is 16.4. The van der Waals surface area contributed by atoms with Crippen molar-refractivity contribution in [2.45, 2.75) is 6.42 Å². The summed E-state index contributed by atoms with van der Waals surface area (Å²) in [5, 5.41) is 28.3. The number of aromatic nitrogens is 2. The van der Waals surface area contributed by atoms with Crippen molar-refractivity contribution in [2.75, 3.05) is 13.2 Å². The number of aliphatic hydroxyl groups is 1. The second-order valence-corrected chi connectivity index (χ2v) is 5.78. The summed E-state index contributed by atoms with van der Waals surface area (Å²) in [4.78, 5) is 22.6. The van der Waals surface area contributed by atoms with Gasteiger partial charge in [-0.3, -0.25) is 14.7 Å². The van der Waals surface area contributed by atoms with Gasteiger partial charge in [0.05, 0.1) is 23.7 Å². The first kappa shape index (κ1) is 15.2. The smallest absolute Gasteiger partial charge is 0.322 e. The third-order valence-electron chi connectivity index (χ3n) is 4.25. The Morgan fingerprint density at radius 2 is 2.30 bits per heavy atom. The maximum Gasteiger partial charge on any atom is 0.322 e. The number of hydrogen-bond donors (Lipinski definition) is 4. The Morgan fingerprint density at radius 3 is 3.04 bits per heavy atom. The molecule has 1 heterocycles. The van der Waals surface area contributed by atoms with Gasteiger partial charge in [0, 0.05) is 5.39 Å². The molecule has 1 aromatic heterocycles. The second-order valence-electron chi connectivity index (χ2n) is 5.78. The van der Waals surface area contributed by atoms with E-state index in [1.165, 1.54) is 0 Å². The van der Waals surface area contributed by atoms with E-state index in [0.29, 0.717) is 6.42 Å². The summed E-state index contributed by atoms with van der Waals surface area (Å²) in [6.45, 7) is -0.734. The van der Waals surface area contributed by atoms with Crippen molar-refractivity contribution in [1.29, 1.82) is 0 Å². The van der Waals surface area contributed by atoms with E-state index in [1.807, 2.05) is 30.4 Å². The number of nitrogens with one attached hydrogen (secondary N) is 2. The fourth-order valence-corrected chi connectivity index (χ4v) is 2.72. The SMILES string of the molecule is O=C(O)CNC(=O)C1(CO)CC1/C=C/c1ccc2[nH]ncc2c1. The summed E-state index contributed by atoms with van der Waals surface area (Å²) in [5.41, 5.74) is 1.03. The Hall–Kier alpha value is -2.67. The molecule has 2 atom stereocenters. The molecule has 1 aromatic carbocycles. The number of allylic oxidation sites excluding steroid dienone is 1. The number of carbonyl (C=O) groups excluding carboxylic acids is 1. The predicted octanol–water partition coefficient (Wildman–Crippen LogP) is 0.775. The third kappa shape index (κ3) is 2.95. The highest BCUT2D eigenvalue weighted by molar-refractivity contribution is 5.89. The Kier molecular flexibility index (Phi) is 3.87. The fourth-order valence-electron chi connectivity index (χ4n) is 2.72. The standard InChI is InChI=1S/C16H17N3O4/c20-9-16(15(23)17-8-14(21)22)6-12(16)3-1-10-2-4-13-11(5-10)7-18-19-13/h1-5,7,12,20H,6,8-9H2,(H,17,23)(H,18,19)(H,21,22)/b3-1+. The molecule has 4 N–H and O–H groups in total. The molecule has 1 fully saturated rings. The van der Waals surface area contributed by atoms with Gasteiger partial charge in [0.25, 0.3) is 0 Å². The van der Waals surface area contributed by atoms with E-state index in [4.69, 9.17) is 5.11 Å². The first-order valence-corrected chi connectivity index (χ1v) is 7.27.